The first kappa shape index (κ1) is 76.1. The van der Waals surface area contributed by atoms with Crippen LogP contribution in [0.25, 0.3) is 0 Å². The predicted octanol–water partition coefficient (Wildman–Crippen LogP) is 23.4. The van der Waals surface area contributed by atoms with Gasteiger partial charge in [0.2, 0.25) is 0 Å². The third-order valence-electron chi connectivity index (χ3n) is 14.5. The first-order valence-corrected chi connectivity index (χ1v) is 33.9. The number of rotatable bonds is 61. The Balaban J connectivity index is 4.43. The quantitative estimate of drug-likeness (QED) is 0.0261. The van der Waals surface area contributed by atoms with Crippen molar-refractivity contribution < 1.29 is 28.6 Å². The minimum atomic E-state index is -0.801. The Morgan fingerprint density at radius 1 is 0.263 bits per heavy atom. The van der Waals surface area contributed by atoms with Crippen molar-refractivity contribution in [2.75, 3.05) is 13.2 Å². The van der Waals surface area contributed by atoms with E-state index in [4.69, 9.17) is 14.2 Å². The number of carbonyl (C=O) groups is 3. The minimum absolute atomic E-state index is 0.0920. The maximum Gasteiger partial charge on any atom is 0.306 e. The molecule has 0 aromatic carbocycles. The molecule has 6 nitrogen and oxygen atoms in total. The molecule has 0 heterocycles. The second-order valence-corrected chi connectivity index (χ2v) is 22.4. The fraction of sp³-hybridized carbons (Fsp3) is 0.716. The van der Waals surface area contributed by atoms with E-state index in [9.17, 15) is 14.4 Å². The third-order valence-corrected chi connectivity index (χ3v) is 14.5. The fourth-order valence-electron chi connectivity index (χ4n) is 9.51. The van der Waals surface area contributed by atoms with Crippen molar-refractivity contribution in [3.63, 3.8) is 0 Å². The van der Waals surface area contributed by atoms with E-state index >= 15 is 0 Å². The lowest BCUT2D eigenvalue weighted by Crippen LogP contribution is -2.30. The molecule has 0 spiro atoms. The zero-order chi connectivity index (χ0) is 57.8. The smallest absolute Gasteiger partial charge is 0.306 e. The standard InChI is InChI=1S/C74H126O6/c1-4-7-10-13-16-19-22-25-28-30-32-33-34-35-36-37-38-39-40-41-42-44-46-49-52-55-58-61-64-67-73(76)79-70-71(69-78-72(75)66-63-60-57-54-51-48-45-27-24-21-18-15-12-9-6-3)80-74(77)68-65-62-59-56-53-50-47-43-31-29-26-23-20-17-14-11-8-5-2/h7,10,16,19,25,28,32-33,35-36,38-39,41-42,46,49,55,58,71H,4-6,8-9,11-15,17-18,20-24,26-27,29-31,34,37,40,43-45,47-48,50-54,56-57,59-70H2,1-3H3/b10-7-,19-16-,28-25-,33-32-,36-35-,39-38-,42-41-,49-46-,58-55-. The molecule has 0 aliphatic carbocycles. The molecule has 0 rings (SSSR count). The molecule has 0 radical (unpaired) electrons. The number of esters is 3. The summed E-state index contributed by atoms with van der Waals surface area (Å²) in [6.45, 7) is 6.52. The molecular weight excluding hydrogens is 985 g/mol. The highest BCUT2D eigenvalue weighted by Crippen LogP contribution is 2.17. The molecule has 0 bridgehead atoms. The van der Waals surface area contributed by atoms with E-state index in [-0.39, 0.29) is 37.5 Å². The molecule has 0 fully saturated rings. The fourth-order valence-corrected chi connectivity index (χ4v) is 9.51. The Morgan fingerprint density at radius 2 is 0.487 bits per heavy atom. The van der Waals surface area contributed by atoms with Crippen molar-refractivity contribution in [1.82, 2.24) is 0 Å². The Labute approximate surface area is 495 Å². The molecule has 0 saturated carbocycles. The van der Waals surface area contributed by atoms with E-state index in [2.05, 4.69) is 130 Å². The molecule has 1 atom stereocenters. The van der Waals surface area contributed by atoms with Crippen LogP contribution in [0.2, 0.25) is 0 Å². The number of unbranched alkanes of at least 4 members (excludes halogenated alkanes) is 32. The van der Waals surface area contributed by atoms with Gasteiger partial charge in [0.15, 0.2) is 6.10 Å². The summed E-state index contributed by atoms with van der Waals surface area (Å²) in [6, 6.07) is 0. The Bertz CT molecular complexity index is 1610. The monoisotopic (exact) mass is 1110 g/mol. The minimum Gasteiger partial charge on any atom is -0.462 e. The van der Waals surface area contributed by atoms with Gasteiger partial charge in [-0.1, -0.05) is 329 Å². The summed E-state index contributed by atoms with van der Waals surface area (Å²) in [5, 5.41) is 0. The highest BCUT2D eigenvalue weighted by molar-refractivity contribution is 5.71. The number of hydrogen-bond acceptors (Lipinski definition) is 6. The Hall–Kier alpha value is -3.93. The lowest BCUT2D eigenvalue weighted by molar-refractivity contribution is -0.167. The highest BCUT2D eigenvalue weighted by Gasteiger charge is 2.19. The topological polar surface area (TPSA) is 78.9 Å². The summed E-state index contributed by atoms with van der Waals surface area (Å²) in [6.07, 6.45) is 92.5. The molecule has 0 N–H and O–H groups in total. The van der Waals surface area contributed by atoms with Crippen LogP contribution in [-0.4, -0.2) is 37.2 Å². The van der Waals surface area contributed by atoms with Gasteiger partial charge in [-0.05, 0) is 83.5 Å². The molecule has 0 aliphatic rings. The summed E-state index contributed by atoms with van der Waals surface area (Å²) in [5.41, 5.74) is 0. The van der Waals surface area contributed by atoms with Gasteiger partial charge in [-0.15, -0.1) is 0 Å². The van der Waals surface area contributed by atoms with Crippen molar-refractivity contribution in [1.29, 1.82) is 0 Å². The van der Waals surface area contributed by atoms with Crippen molar-refractivity contribution in [2.24, 2.45) is 0 Å². The van der Waals surface area contributed by atoms with Crippen molar-refractivity contribution >= 4 is 17.9 Å². The van der Waals surface area contributed by atoms with Gasteiger partial charge in [0, 0.05) is 19.3 Å². The van der Waals surface area contributed by atoms with E-state index in [0.29, 0.717) is 19.3 Å². The molecule has 80 heavy (non-hydrogen) atoms. The van der Waals surface area contributed by atoms with Crippen LogP contribution in [0.3, 0.4) is 0 Å². The number of carbonyl (C=O) groups excluding carboxylic acids is 3. The van der Waals surface area contributed by atoms with Gasteiger partial charge in [-0.25, -0.2) is 0 Å². The Morgan fingerprint density at radius 3 is 0.762 bits per heavy atom. The van der Waals surface area contributed by atoms with Gasteiger partial charge >= 0.3 is 17.9 Å². The number of hydrogen-bond donors (Lipinski definition) is 0. The second kappa shape index (κ2) is 67.6. The van der Waals surface area contributed by atoms with Crippen LogP contribution < -0.4 is 0 Å². The molecular formula is C74H126O6. The summed E-state index contributed by atoms with van der Waals surface area (Å²) in [5.74, 6) is -0.939. The van der Waals surface area contributed by atoms with Crippen LogP contribution in [0.5, 0.6) is 0 Å². The van der Waals surface area contributed by atoms with Gasteiger partial charge in [-0.3, -0.25) is 14.4 Å². The average molecular weight is 1110 g/mol. The number of allylic oxidation sites excluding steroid dienone is 18. The van der Waals surface area contributed by atoms with Crippen LogP contribution >= 0.6 is 0 Å². The lowest BCUT2D eigenvalue weighted by Gasteiger charge is -2.18. The zero-order valence-electron chi connectivity index (χ0n) is 52.6. The predicted molar refractivity (Wildman–Crippen MR) is 348 cm³/mol. The lowest BCUT2D eigenvalue weighted by atomic mass is 10.0. The van der Waals surface area contributed by atoms with E-state index < -0.39 is 6.10 Å². The summed E-state index contributed by atoms with van der Waals surface area (Å²) < 4.78 is 16.9. The molecule has 6 heteroatoms. The summed E-state index contributed by atoms with van der Waals surface area (Å²) in [4.78, 5) is 38.4. The molecule has 0 saturated heterocycles. The van der Waals surface area contributed by atoms with Gasteiger partial charge in [0.1, 0.15) is 13.2 Å². The summed E-state index contributed by atoms with van der Waals surface area (Å²) in [7, 11) is 0. The van der Waals surface area contributed by atoms with E-state index in [1.54, 1.807) is 0 Å². The van der Waals surface area contributed by atoms with Gasteiger partial charge in [0.25, 0.3) is 0 Å². The first-order chi connectivity index (χ1) is 39.5. The number of ether oxygens (including phenoxy) is 3. The van der Waals surface area contributed by atoms with Crippen LogP contribution in [-0.2, 0) is 28.6 Å². The molecule has 0 amide bonds. The van der Waals surface area contributed by atoms with E-state index in [1.807, 2.05) is 0 Å². The van der Waals surface area contributed by atoms with Gasteiger partial charge in [0.05, 0.1) is 0 Å². The van der Waals surface area contributed by atoms with Crippen molar-refractivity contribution in [2.45, 2.75) is 329 Å². The largest absolute Gasteiger partial charge is 0.462 e. The maximum absolute atomic E-state index is 12.9. The molecule has 0 aromatic rings. The maximum atomic E-state index is 12.9. The van der Waals surface area contributed by atoms with Crippen LogP contribution in [0.15, 0.2) is 109 Å². The van der Waals surface area contributed by atoms with Gasteiger partial charge < -0.3 is 14.2 Å². The average Bonchev–Trinajstić information content (AvgIpc) is 3.46. The van der Waals surface area contributed by atoms with Crippen molar-refractivity contribution in [3.8, 4) is 0 Å². The molecule has 0 aromatic heterocycles. The second-order valence-electron chi connectivity index (χ2n) is 22.4. The molecule has 458 valence electrons. The zero-order valence-corrected chi connectivity index (χ0v) is 52.6. The molecule has 1 unspecified atom stereocenters. The van der Waals surface area contributed by atoms with E-state index in [0.717, 1.165) is 103 Å². The normalized spacial score (nSPS) is 12.8. The SMILES string of the molecule is CC/C=C\C/C=C\C/C=C\C/C=C\C/C=C\C/C=C\C/C=C\C/C=C\C/C=C\CCCC(=O)OCC(COC(=O)CCCCCCCCCCCCCCCCC)OC(=O)CCCCCCCCCCCCCCCCCCCC. The third kappa shape index (κ3) is 64.9. The van der Waals surface area contributed by atoms with Crippen molar-refractivity contribution in [3.05, 3.63) is 109 Å². The Kier molecular flexibility index (Phi) is 64.3. The van der Waals surface area contributed by atoms with Crippen LogP contribution in [0.1, 0.15) is 323 Å². The first-order valence-electron chi connectivity index (χ1n) is 33.9. The highest BCUT2D eigenvalue weighted by atomic mass is 16.6. The van der Waals surface area contributed by atoms with Crippen LogP contribution in [0.4, 0.5) is 0 Å². The van der Waals surface area contributed by atoms with E-state index in [1.165, 1.54) is 173 Å². The van der Waals surface area contributed by atoms with Crippen LogP contribution in [0, 0.1) is 0 Å². The van der Waals surface area contributed by atoms with Gasteiger partial charge in [-0.2, -0.15) is 0 Å². The molecule has 0 aliphatic heterocycles. The summed E-state index contributed by atoms with van der Waals surface area (Å²) >= 11 is 0.